The molecule has 0 aliphatic carbocycles. The molecule has 1 N–H and O–H groups in total. The zero-order valence-electron chi connectivity index (χ0n) is 19.7. The predicted molar refractivity (Wildman–Crippen MR) is 128 cm³/mol. The first-order valence-electron chi connectivity index (χ1n) is 11.6. The Hall–Kier alpha value is -2.58. The summed E-state index contributed by atoms with van der Waals surface area (Å²) in [6.45, 7) is 7.68. The number of ether oxygens (including phenoxy) is 2. The number of nitrogens with zero attached hydrogens (tertiary/aromatic N) is 1. The first kappa shape index (κ1) is 25.1. The standard InChI is InChI=1S/C25H34N2O5S/c1-4-24(32-22-9-8-19(2)20(3)18-22)25(28)26-14-17-31-21-10-12-23(13-11-21)33(29,30)27-15-6-5-7-16-27/h8-13,18,24H,4-7,14-17H2,1-3H3,(H,26,28). The van der Waals surface area contributed by atoms with E-state index in [4.69, 9.17) is 9.47 Å². The average molecular weight is 475 g/mol. The summed E-state index contributed by atoms with van der Waals surface area (Å²) < 4.78 is 38.5. The van der Waals surface area contributed by atoms with Crippen LogP contribution in [0, 0.1) is 13.8 Å². The molecule has 1 amide bonds. The van der Waals surface area contributed by atoms with Crippen LogP contribution in [0.5, 0.6) is 11.5 Å². The van der Waals surface area contributed by atoms with E-state index >= 15 is 0 Å². The lowest BCUT2D eigenvalue weighted by molar-refractivity contribution is -0.128. The summed E-state index contributed by atoms with van der Waals surface area (Å²) in [5.74, 6) is 1.04. The maximum atomic E-state index is 12.7. The van der Waals surface area contributed by atoms with Gasteiger partial charge in [-0.3, -0.25) is 4.79 Å². The molecule has 3 rings (SSSR count). The third-order valence-corrected chi connectivity index (χ3v) is 7.78. The second-order valence-electron chi connectivity index (χ2n) is 8.34. The fraction of sp³-hybridized carbons (Fsp3) is 0.480. The SMILES string of the molecule is CCC(Oc1ccc(C)c(C)c1)C(=O)NCCOc1ccc(S(=O)(=O)N2CCCCC2)cc1. The monoisotopic (exact) mass is 474 g/mol. The summed E-state index contributed by atoms with van der Waals surface area (Å²) >= 11 is 0. The van der Waals surface area contributed by atoms with Crippen molar-refractivity contribution in [1.82, 2.24) is 9.62 Å². The van der Waals surface area contributed by atoms with Gasteiger partial charge in [0.15, 0.2) is 6.10 Å². The number of hydrogen-bond donors (Lipinski definition) is 1. The number of rotatable bonds is 10. The summed E-state index contributed by atoms with van der Waals surface area (Å²) in [5.41, 5.74) is 2.29. The van der Waals surface area contributed by atoms with Crippen LogP contribution in [0.3, 0.4) is 0 Å². The number of aryl methyl sites for hydroxylation is 2. The van der Waals surface area contributed by atoms with Gasteiger partial charge in [-0.15, -0.1) is 0 Å². The topological polar surface area (TPSA) is 84.9 Å². The number of piperidine rings is 1. The van der Waals surface area contributed by atoms with Crippen LogP contribution in [-0.4, -0.2) is 51.0 Å². The summed E-state index contributed by atoms with van der Waals surface area (Å²) in [5, 5.41) is 2.84. The maximum absolute atomic E-state index is 12.7. The van der Waals surface area contributed by atoms with E-state index in [0.29, 0.717) is 37.6 Å². The first-order valence-corrected chi connectivity index (χ1v) is 13.0. The Morgan fingerprint density at radius 2 is 1.67 bits per heavy atom. The van der Waals surface area contributed by atoms with Crippen LogP contribution in [0.25, 0.3) is 0 Å². The lowest BCUT2D eigenvalue weighted by atomic mass is 10.1. The number of nitrogens with one attached hydrogen (secondary N) is 1. The lowest BCUT2D eigenvalue weighted by Gasteiger charge is -2.25. The maximum Gasteiger partial charge on any atom is 0.261 e. The van der Waals surface area contributed by atoms with Crippen molar-refractivity contribution in [1.29, 1.82) is 0 Å². The summed E-state index contributed by atoms with van der Waals surface area (Å²) in [4.78, 5) is 12.8. The normalized spacial score (nSPS) is 15.6. The minimum Gasteiger partial charge on any atom is -0.492 e. The zero-order chi connectivity index (χ0) is 23.8. The minimum atomic E-state index is -3.45. The molecule has 1 aliphatic rings. The predicted octanol–water partition coefficient (Wildman–Crippen LogP) is 3.83. The molecule has 0 bridgehead atoms. The second kappa shape index (κ2) is 11.5. The van der Waals surface area contributed by atoms with E-state index in [1.54, 1.807) is 28.6 Å². The molecule has 1 fully saturated rings. The molecule has 7 nitrogen and oxygen atoms in total. The number of carbonyl (C=O) groups excluding carboxylic acids is 1. The van der Waals surface area contributed by atoms with Gasteiger partial charge in [0.25, 0.3) is 5.91 Å². The lowest BCUT2D eigenvalue weighted by Crippen LogP contribution is -2.39. The highest BCUT2D eigenvalue weighted by atomic mass is 32.2. The number of carbonyl (C=O) groups is 1. The number of amides is 1. The van der Waals surface area contributed by atoms with E-state index in [9.17, 15) is 13.2 Å². The Balaban J connectivity index is 1.45. The Morgan fingerprint density at radius 3 is 2.30 bits per heavy atom. The third kappa shape index (κ3) is 6.71. The molecular weight excluding hydrogens is 440 g/mol. The first-order chi connectivity index (χ1) is 15.8. The Bertz CT molecular complexity index is 1030. The van der Waals surface area contributed by atoms with Crippen LogP contribution in [-0.2, 0) is 14.8 Å². The molecule has 180 valence electrons. The van der Waals surface area contributed by atoms with Gasteiger partial charge >= 0.3 is 0 Å². The number of hydrogen-bond acceptors (Lipinski definition) is 5. The second-order valence-corrected chi connectivity index (χ2v) is 10.3. The van der Waals surface area contributed by atoms with Crippen LogP contribution in [0.2, 0.25) is 0 Å². The van der Waals surface area contributed by atoms with Crippen LogP contribution < -0.4 is 14.8 Å². The van der Waals surface area contributed by atoms with Crippen molar-refractivity contribution in [2.24, 2.45) is 0 Å². The van der Waals surface area contributed by atoms with Crippen molar-refractivity contribution >= 4 is 15.9 Å². The highest BCUT2D eigenvalue weighted by Crippen LogP contribution is 2.23. The molecule has 1 unspecified atom stereocenters. The van der Waals surface area contributed by atoms with E-state index < -0.39 is 16.1 Å². The molecule has 1 heterocycles. The van der Waals surface area contributed by atoms with E-state index in [1.165, 1.54) is 5.56 Å². The highest BCUT2D eigenvalue weighted by Gasteiger charge is 2.25. The van der Waals surface area contributed by atoms with Gasteiger partial charge in [0.1, 0.15) is 18.1 Å². The highest BCUT2D eigenvalue weighted by molar-refractivity contribution is 7.89. The van der Waals surface area contributed by atoms with Crippen molar-refractivity contribution in [2.75, 3.05) is 26.2 Å². The van der Waals surface area contributed by atoms with Gasteiger partial charge in [-0.25, -0.2) is 8.42 Å². The molecule has 1 aliphatic heterocycles. The Kier molecular flexibility index (Phi) is 8.74. The molecule has 1 atom stereocenters. The van der Waals surface area contributed by atoms with Crippen molar-refractivity contribution in [3.63, 3.8) is 0 Å². The Morgan fingerprint density at radius 1 is 1.00 bits per heavy atom. The molecule has 0 aromatic heterocycles. The van der Waals surface area contributed by atoms with Gasteiger partial charge in [-0.05, 0) is 80.6 Å². The van der Waals surface area contributed by atoms with Crippen LogP contribution in [0.15, 0.2) is 47.4 Å². The van der Waals surface area contributed by atoms with Gasteiger partial charge in [0.2, 0.25) is 10.0 Å². The van der Waals surface area contributed by atoms with E-state index in [2.05, 4.69) is 5.32 Å². The fourth-order valence-corrected chi connectivity index (χ4v) is 5.21. The smallest absolute Gasteiger partial charge is 0.261 e. The van der Waals surface area contributed by atoms with Gasteiger partial charge < -0.3 is 14.8 Å². The van der Waals surface area contributed by atoms with Gasteiger partial charge in [0.05, 0.1) is 11.4 Å². The quantitative estimate of drug-likeness (QED) is 0.529. The molecule has 2 aromatic carbocycles. The zero-order valence-corrected chi connectivity index (χ0v) is 20.5. The molecule has 0 radical (unpaired) electrons. The number of benzene rings is 2. The Labute approximate surface area is 197 Å². The third-order valence-electron chi connectivity index (χ3n) is 5.87. The van der Waals surface area contributed by atoms with E-state index in [1.807, 2.05) is 39.0 Å². The molecule has 33 heavy (non-hydrogen) atoms. The van der Waals surface area contributed by atoms with E-state index in [0.717, 1.165) is 24.8 Å². The fourth-order valence-electron chi connectivity index (χ4n) is 3.69. The van der Waals surface area contributed by atoms with Crippen LogP contribution >= 0.6 is 0 Å². The average Bonchev–Trinajstić information content (AvgIpc) is 2.83. The molecule has 0 spiro atoms. The van der Waals surface area contributed by atoms with E-state index in [-0.39, 0.29) is 17.4 Å². The van der Waals surface area contributed by atoms with Crippen LogP contribution in [0.4, 0.5) is 0 Å². The van der Waals surface area contributed by atoms with Crippen LogP contribution in [0.1, 0.15) is 43.7 Å². The van der Waals surface area contributed by atoms with Crippen molar-refractivity contribution in [3.8, 4) is 11.5 Å². The summed E-state index contributed by atoms with van der Waals surface area (Å²) in [6, 6.07) is 12.2. The number of sulfonamides is 1. The molecule has 0 saturated carbocycles. The minimum absolute atomic E-state index is 0.192. The molecule has 2 aromatic rings. The van der Waals surface area contributed by atoms with Crippen molar-refractivity contribution in [2.45, 2.75) is 57.5 Å². The largest absolute Gasteiger partial charge is 0.492 e. The molecule has 1 saturated heterocycles. The van der Waals surface area contributed by atoms with Gasteiger partial charge in [0, 0.05) is 13.1 Å². The van der Waals surface area contributed by atoms with Crippen molar-refractivity contribution < 1.29 is 22.7 Å². The molecule has 8 heteroatoms. The summed E-state index contributed by atoms with van der Waals surface area (Å²) in [7, 11) is -3.45. The van der Waals surface area contributed by atoms with Gasteiger partial charge in [-0.2, -0.15) is 4.31 Å². The van der Waals surface area contributed by atoms with Crippen molar-refractivity contribution in [3.05, 3.63) is 53.6 Å². The van der Waals surface area contributed by atoms with Gasteiger partial charge in [-0.1, -0.05) is 19.4 Å². The summed E-state index contributed by atoms with van der Waals surface area (Å²) in [6.07, 6.45) is 2.85. The molecular formula is C25H34N2O5S.